The van der Waals surface area contributed by atoms with Crippen molar-refractivity contribution in [2.75, 3.05) is 0 Å². The molecule has 0 amide bonds. The maximum Gasteiger partial charge on any atom is 0.335 e. The predicted octanol–water partition coefficient (Wildman–Crippen LogP) is 4.00. The minimum absolute atomic E-state index is 0.0340. The van der Waals surface area contributed by atoms with Gasteiger partial charge in [-0.1, -0.05) is 15.9 Å². The summed E-state index contributed by atoms with van der Waals surface area (Å²) in [6.07, 6.45) is 0. The summed E-state index contributed by atoms with van der Waals surface area (Å²) in [5.41, 5.74) is -0.00602. The molecule has 0 heterocycles. The Morgan fingerprint density at radius 2 is 1.90 bits per heavy atom. The van der Waals surface area contributed by atoms with E-state index in [9.17, 15) is 13.6 Å². The number of halogens is 3. The first kappa shape index (κ1) is 14.5. The van der Waals surface area contributed by atoms with Crippen LogP contribution in [0.5, 0.6) is 5.75 Å². The van der Waals surface area contributed by atoms with Crippen LogP contribution >= 0.6 is 15.9 Å². The van der Waals surface area contributed by atoms with Crippen molar-refractivity contribution in [3.05, 3.63) is 63.6 Å². The fraction of sp³-hybridized carbons (Fsp3) is 0.0714. The third kappa shape index (κ3) is 3.33. The summed E-state index contributed by atoms with van der Waals surface area (Å²) < 4.78 is 32.8. The van der Waals surface area contributed by atoms with Crippen LogP contribution in [-0.4, -0.2) is 11.1 Å². The maximum absolute atomic E-state index is 13.5. The molecule has 0 aliphatic rings. The van der Waals surface area contributed by atoms with Gasteiger partial charge < -0.3 is 9.84 Å². The SMILES string of the molecule is O=C(O)c1ccc(F)c(COc2ccc(Br)cc2F)c1. The largest absolute Gasteiger partial charge is 0.486 e. The highest BCUT2D eigenvalue weighted by Crippen LogP contribution is 2.23. The second-order valence-corrected chi connectivity index (χ2v) is 4.89. The van der Waals surface area contributed by atoms with Gasteiger partial charge in [-0.25, -0.2) is 13.6 Å². The predicted molar refractivity (Wildman–Crippen MR) is 71.8 cm³/mol. The number of aromatic carboxylic acids is 1. The molecular weight excluding hydrogens is 334 g/mol. The lowest BCUT2D eigenvalue weighted by Crippen LogP contribution is -2.03. The van der Waals surface area contributed by atoms with Gasteiger partial charge in [-0.3, -0.25) is 0 Å². The number of carboxylic acids is 1. The minimum atomic E-state index is -1.17. The Bertz CT molecular complexity index is 659. The van der Waals surface area contributed by atoms with Crippen LogP contribution in [0.1, 0.15) is 15.9 Å². The fourth-order valence-electron chi connectivity index (χ4n) is 1.57. The van der Waals surface area contributed by atoms with Crippen molar-refractivity contribution in [3.63, 3.8) is 0 Å². The molecule has 0 unspecified atom stereocenters. The summed E-state index contributed by atoms with van der Waals surface area (Å²) in [5.74, 6) is -2.39. The second-order valence-electron chi connectivity index (χ2n) is 3.97. The Balaban J connectivity index is 2.18. The van der Waals surface area contributed by atoms with Gasteiger partial charge in [0.15, 0.2) is 11.6 Å². The van der Waals surface area contributed by atoms with Gasteiger partial charge in [0.25, 0.3) is 0 Å². The average Bonchev–Trinajstić information content (AvgIpc) is 2.39. The molecule has 1 N–H and O–H groups in total. The van der Waals surface area contributed by atoms with E-state index in [4.69, 9.17) is 9.84 Å². The van der Waals surface area contributed by atoms with Gasteiger partial charge in [-0.15, -0.1) is 0 Å². The molecule has 0 bridgehead atoms. The number of carboxylic acid groups (broad SMARTS) is 1. The van der Waals surface area contributed by atoms with E-state index in [0.717, 1.165) is 18.2 Å². The molecule has 0 saturated heterocycles. The van der Waals surface area contributed by atoms with Gasteiger partial charge in [0, 0.05) is 10.0 Å². The molecule has 0 spiro atoms. The Morgan fingerprint density at radius 1 is 1.15 bits per heavy atom. The van der Waals surface area contributed by atoms with Gasteiger partial charge in [0.2, 0.25) is 0 Å². The van der Waals surface area contributed by atoms with Crippen LogP contribution in [0.25, 0.3) is 0 Å². The highest BCUT2D eigenvalue weighted by Gasteiger charge is 2.10. The van der Waals surface area contributed by atoms with Crippen molar-refractivity contribution in [2.24, 2.45) is 0 Å². The lowest BCUT2D eigenvalue weighted by atomic mass is 10.1. The van der Waals surface area contributed by atoms with E-state index in [1.54, 1.807) is 6.07 Å². The molecule has 0 radical (unpaired) electrons. The lowest BCUT2D eigenvalue weighted by Gasteiger charge is -2.09. The average molecular weight is 343 g/mol. The van der Waals surface area contributed by atoms with Crippen molar-refractivity contribution in [2.45, 2.75) is 6.61 Å². The monoisotopic (exact) mass is 342 g/mol. The molecule has 2 rings (SSSR count). The molecule has 0 aliphatic heterocycles. The molecule has 104 valence electrons. The number of rotatable bonds is 4. The molecule has 2 aromatic rings. The highest BCUT2D eigenvalue weighted by atomic mass is 79.9. The Hall–Kier alpha value is -1.95. The maximum atomic E-state index is 13.5. The first-order valence-corrected chi connectivity index (χ1v) is 6.36. The summed E-state index contributed by atoms with van der Waals surface area (Å²) in [4.78, 5) is 10.8. The van der Waals surface area contributed by atoms with E-state index in [1.807, 2.05) is 0 Å². The normalized spacial score (nSPS) is 10.3. The molecule has 0 aliphatic carbocycles. The Kier molecular flexibility index (Phi) is 4.34. The topological polar surface area (TPSA) is 46.5 Å². The summed E-state index contributed by atoms with van der Waals surface area (Å²) in [6.45, 7) is -0.258. The smallest absolute Gasteiger partial charge is 0.335 e. The van der Waals surface area contributed by atoms with Crippen molar-refractivity contribution >= 4 is 21.9 Å². The zero-order valence-corrected chi connectivity index (χ0v) is 11.7. The van der Waals surface area contributed by atoms with Crippen LogP contribution in [0.3, 0.4) is 0 Å². The van der Waals surface area contributed by atoms with Crippen molar-refractivity contribution in [1.82, 2.24) is 0 Å². The number of ether oxygens (including phenoxy) is 1. The van der Waals surface area contributed by atoms with E-state index < -0.39 is 17.6 Å². The molecule has 0 aromatic heterocycles. The van der Waals surface area contributed by atoms with Crippen molar-refractivity contribution in [3.8, 4) is 5.75 Å². The standard InChI is InChI=1S/C14H9BrF2O3/c15-10-2-4-13(12(17)6-10)20-7-9-5-8(14(18)19)1-3-11(9)16/h1-6H,7H2,(H,18,19). The Labute approximate surface area is 121 Å². The Morgan fingerprint density at radius 3 is 2.55 bits per heavy atom. The van der Waals surface area contributed by atoms with Crippen LogP contribution in [0, 0.1) is 11.6 Å². The second kappa shape index (κ2) is 6.00. The first-order chi connectivity index (χ1) is 9.47. The third-order valence-electron chi connectivity index (χ3n) is 2.57. The molecule has 2 aromatic carbocycles. The lowest BCUT2D eigenvalue weighted by molar-refractivity contribution is 0.0696. The molecule has 0 atom stereocenters. The van der Waals surface area contributed by atoms with Gasteiger partial charge in [0.05, 0.1) is 5.56 Å². The zero-order valence-electron chi connectivity index (χ0n) is 10.1. The first-order valence-electron chi connectivity index (χ1n) is 5.57. The quantitative estimate of drug-likeness (QED) is 0.913. The van der Waals surface area contributed by atoms with E-state index in [1.165, 1.54) is 12.1 Å². The van der Waals surface area contributed by atoms with Gasteiger partial charge in [0.1, 0.15) is 12.4 Å². The number of carbonyl (C=O) groups is 1. The molecule has 0 fully saturated rings. The minimum Gasteiger partial charge on any atom is -0.486 e. The van der Waals surface area contributed by atoms with Crippen LogP contribution in [0.2, 0.25) is 0 Å². The van der Waals surface area contributed by atoms with E-state index in [0.29, 0.717) is 4.47 Å². The highest BCUT2D eigenvalue weighted by molar-refractivity contribution is 9.10. The van der Waals surface area contributed by atoms with Gasteiger partial charge in [-0.05, 0) is 36.4 Å². The van der Waals surface area contributed by atoms with Crippen molar-refractivity contribution < 1.29 is 23.4 Å². The van der Waals surface area contributed by atoms with Crippen LogP contribution in [-0.2, 0) is 6.61 Å². The van der Waals surface area contributed by atoms with Crippen LogP contribution in [0.4, 0.5) is 8.78 Å². The van der Waals surface area contributed by atoms with E-state index in [2.05, 4.69) is 15.9 Å². The summed E-state index contributed by atoms with van der Waals surface area (Å²) in [5, 5.41) is 8.83. The zero-order chi connectivity index (χ0) is 14.7. The molecule has 20 heavy (non-hydrogen) atoms. The van der Waals surface area contributed by atoms with E-state index >= 15 is 0 Å². The summed E-state index contributed by atoms with van der Waals surface area (Å²) in [6, 6.07) is 7.57. The van der Waals surface area contributed by atoms with Crippen LogP contribution in [0.15, 0.2) is 40.9 Å². The molecule has 0 saturated carbocycles. The number of benzene rings is 2. The van der Waals surface area contributed by atoms with Gasteiger partial charge in [-0.2, -0.15) is 0 Å². The molecular formula is C14H9BrF2O3. The third-order valence-corrected chi connectivity index (χ3v) is 3.06. The van der Waals surface area contributed by atoms with Gasteiger partial charge >= 0.3 is 5.97 Å². The summed E-state index contributed by atoms with van der Waals surface area (Å²) >= 11 is 3.11. The fourth-order valence-corrected chi connectivity index (χ4v) is 1.90. The van der Waals surface area contributed by atoms with Crippen molar-refractivity contribution in [1.29, 1.82) is 0 Å². The summed E-state index contributed by atoms with van der Waals surface area (Å²) in [7, 11) is 0. The molecule has 6 heteroatoms. The molecule has 3 nitrogen and oxygen atoms in total. The number of hydrogen-bond acceptors (Lipinski definition) is 2. The number of hydrogen-bond donors (Lipinski definition) is 1. The van der Waals surface area contributed by atoms with Crippen LogP contribution < -0.4 is 4.74 Å². The van der Waals surface area contributed by atoms with E-state index in [-0.39, 0.29) is 23.5 Å².